The van der Waals surface area contributed by atoms with Gasteiger partial charge in [0.25, 0.3) is 0 Å². The van der Waals surface area contributed by atoms with E-state index in [0.29, 0.717) is 5.92 Å². The molecule has 1 aromatic carbocycles. The molecule has 100 valence electrons. The summed E-state index contributed by atoms with van der Waals surface area (Å²) in [5, 5.41) is 3.57. The lowest BCUT2D eigenvalue weighted by molar-refractivity contribution is 0.229. The molecule has 0 saturated carbocycles. The Bertz CT molecular complexity index is 407. The standard InChI is InChI=1S/C15H21F2N/c1-11(2)15(8-4-3-5-9-18-15)12-6-7-13(16)14(17)10-12/h6-7,10-11,18H,3-5,8-9H2,1-2H3. The van der Waals surface area contributed by atoms with Gasteiger partial charge >= 0.3 is 0 Å². The third-order valence-corrected chi connectivity index (χ3v) is 4.11. The second kappa shape index (κ2) is 5.35. The summed E-state index contributed by atoms with van der Waals surface area (Å²) in [5.74, 6) is -1.18. The van der Waals surface area contributed by atoms with Gasteiger partial charge in [0.05, 0.1) is 0 Å². The molecule has 1 unspecified atom stereocenters. The van der Waals surface area contributed by atoms with Crippen molar-refractivity contribution in [1.29, 1.82) is 0 Å². The lowest BCUT2D eigenvalue weighted by atomic mass is 9.76. The molecule has 0 aromatic heterocycles. The first-order chi connectivity index (χ1) is 8.56. The van der Waals surface area contributed by atoms with Crippen molar-refractivity contribution in [3.05, 3.63) is 35.4 Å². The molecule has 0 spiro atoms. The fourth-order valence-corrected chi connectivity index (χ4v) is 2.95. The van der Waals surface area contributed by atoms with Crippen molar-refractivity contribution in [3.8, 4) is 0 Å². The van der Waals surface area contributed by atoms with Gasteiger partial charge in [-0.2, -0.15) is 0 Å². The summed E-state index contributed by atoms with van der Waals surface area (Å²) in [7, 11) is 0. The minimum absolute atomic E-state index is 0.217. The fourth-order valence-electron chi connectivity index (χ4n) is 2.95. The summed E-state index contributed by atoms with van der Waals surface area (Å²) >= 11 is 0. The van der Waals surface area contributed by atoms with E-state index in [-0.39, 0.29) is 5.54 Å². The quantitative estimate of drug-likeness (QED) is 0.840. The van der Waals surface area contributed by atoms with Gasteiger partial charge < -0.3 is 5.32 Å². The predicted octanol–water partition coefficient (Wildman–Crippen LogP) is 3.98. The van der Waals surface area contributed by atoms with Crippen LogP contribution in [-0.4, -0.2) is 6.54 Å². The van der Waals surface area contributed by atoms with Gasteiger partial charge in [-0.1, -0.05) is 32.8 Å². The Morgan fingerprint density at radius 1 is 1.11 bits per heavy atom. The molecule has 1 heterocycles. The predicted molar refractivity (Wildman–Crippen MR) is 69.3 cm³/mol. The number of nitrogens with one attached hydrogen (secondary N) is 1. The normalized spacial score (nSPS) is 25.2. The van der Waals surface area contributed by atoms with Gasteiger partial charge in [-0.05, 0) is 43.0 Å². The molecule has 1 aromatic rings. The smallest absolute Gasteiger partial charge is 0.159 e. The third kappa shape index (κ3) is 2.41. The molecule has 3 heteroatoms. The highest BCUT2D eigenvalue weighted by molar-refractivity contribution is 5.27. The van der Waals surface area contributed by atoms with Gasteiger partial charge in [-0.3, -0.25) is 0 Å². The molecule has 1 atom stereocenters. The van der Waals surface area contributed by atoms with Crippen molar-refractivity contribution >= 4 is 0 Å². The summed E-state index contributed by atoms with van der Waals surface area (Å²) in [6, 6.07) is 4.31. The monoisotopic (exact) mass is 253 g/mol. The van der Waals surface area contributed by atoms with Crippen LogP contribution < -0.4 is 5.32 Å². The highest BCUT2D eigenvalue weighted by Gasteiger charge is 2.36. The molecule has 1 fully saturated rings. The molecule has 0 amide bonds. The van der Waals surface area contributed by atoms with Gasteiger partial charge in [-0.15, -0.1) is 0 Å². The minimum Gasteiger partial charge on any atom is -0.307 e. The van der Waals surface area contributed by atoms with Crippen LogP contribution in [0, 0.1) is 17.6 Å². The number of hydrogen-bond acceptors (Lipinski definition) is 1. The van der Waals surface area contributed by atoms with Gasteiger partial charge in [-0.25, -0.2) is 8.78 Å². The Morgan fingerprint density at radius 2 is 1.89 bits per heavy atom. The SMILES string of the molecule is CC(C)C1(c2ccc(F)c(F)c2)CCCCCN1. The zero-order valence-electron chi connectivity index (χ0n) is 11.1. The van der Waals surface area contributed by atoms with Crippen molar-refractivity contribution in [2.75, 3.05) is 6.54 Å². The summed E-state index contributed by atoms with van der Waals surface area (Å²) in [6.07, 6.45) is 4.46. The van der Waals surface area contributed by atoms with E-state index < -0.39 is 11.6 Å². The summed E-state index contributed by atoms with van der Waals surface area (Å²) in [4.78, 5) is 0. The molecule has 2 rings (SSSR count). The maximum atomic E-state index is 13.5. The zero-order chi connectivity index (χ0) is 13.2. The molecule has 1 aliphatic heterocycles. The Balaban J connectivity index is 2.42. The first kappa shape index (κ1) is 13.5. The van der Waals surface area contributed by atoms with Crippen molar-refractivity contribution in [1.82, 2.24) is 5.32 Å². The van der Waals surface area contributed by atoms with E-state index in [2.05, 4.69) is 19.2 Å². The molecule has 0 aliphatic carbocycles. The van der Waals surface area contributed by atoms with E-state index in [1.807, 2.05) is 0 Å². The Morgan fingerprint density at radius 3 is 2.56 bits per heavy atom. The van der Waals surface area contributed by atoms with Crippen molar-refractivity contribution in [2.45, 2.75) is 45.1 Å². The number of rotatable bonds is 2. The second-order valence-corrected chi connectivity index (χ2v) is 5.49. The third-order valence-electron chi connectivity index (χ3n) is 4.11. The van der Waals surface area contributed by atoms with E-state index in [0.717, 1.165) is 31.4 Å². The number of halogens is 2. The van der Waals surface area contributed by atoms with Gasteiger partial charge in [0, 0.05) is 5.54 Å². The van der Waals surface area contributed by atoms with Crippen LogP contribution in [0.25, 0.3) is 0 Å². The molecule has 0 bridgehead atoms. The molecule has 1 nitrogen and oxygen atoms in total. The van der Waals surface area contributed by atoms with E-state index in [1.54, 1.807) is 6.07 Å². The Hall–Kier alpha value is -0.960. The maximum absolute atomic E-state index is 13.5. The summed E-state index contributed by atoms with van der Waals surface area (Å²) < 4.78 is 26.5. The van der Waals surface area contributed by atoms with Crippen LogP contribution in [0.5, 0.6) is 0 Å². The van der Waals surface area contributed by atoms with Crippen molar-refractivity contribution < 1.29 is 8.78 Å². The van der Waals surface area contributed by atoms with Crippen LogP contribution in [0.2, 0.25) is 0 Å². The zero-order valence-corrected chi connectivity index (χ0v) is 11.1. The van der Waals surface area contributed by atoms with Gasteiger partial charge in [0.15, 0.2) is 11.6 Å². The van der Waals surface area contributed by atoms with Crippen LogP contribution in [0.15, 0.2) is 18.2 Å². The first-order valence-electron chi connectivity index (χ1n) is 6.77. The minimum atomic E-state index is -0.772. The molecule has 1 saturated heterocycles. The summed E-state index contributed by atoms with van der Waals surface area (Å²) in [6.45, 7) is 5.22. The number of benzene rings is 1. The second-order valence-electron chi connectivity index (χ2n) is 5.49. The van der Waals surface area contributed by atoms with Gasteiger partial charge in [0.1, 0.15) is 0 Å². The average Bonchev–Trinajstić information content (AvgIpc) is 2.59. The maximum Gasteiger partial charge on any atom is 0.159 e. The van der Waals surface area contributed by atoms with Crippen LogP contribution in [0.4, 0.5) is 8.78 Å². The molecule has 1 aliphatic rings. The lowest BCUT2D eigenvalue weighted by Crippen LogP contribution is -2.46. The van der Waals surface area contributed by atoms with E-state index in [1.165, 1.54) is 18.6 Å². The lowest BCUT2D eigenvalue weighted by Gasteiger charge is -2.38. The first-order valence-corrected chi connectivity index (χ1v) is 6.77. The van der Waals surface area contributed by atoms with Crippen molar-refractivity contribution in [3.63, 3.8) is 0 Å². The van der Waals surface area contributed by atoms with Crippen LogP contribution >= 0.6 is 0 Å². The number of hydrogen-bond donors (Lipinski definition) is 1. The Kier molecular flexibility index (Phi) is 4.00. The van der Waals surface area contributed by atoms with Crippen molar-refractivity contribution in [2.24, 2.45) is 5.92 Å². The van der Waals surface area contributed by atoms with Crippen LogP contribution in [0.3, 0.4) is 0 Å². The fraction of sp³-hybridized carbons (Fsp3) is 0.600. The summed E-state index contributed by atoms with van der Waals surface area (Å²) in [5.41, 5.74) is 0.656. The van der Waals surface area contributed by atoms with Gasteiger partial charge in [0.2, 0.25) is 0 Å². The highest BCUT2D eigenvalue weighted by Crippen LogP contribution is 2.37. The van der Waals surface area contributed by atoms with E-state index >= 15 is 0 Å². The Labute approximate surface area is 108 Å². The average molecular weight is 253 g/mol. The highest BCUT2D eigenvalue weighted by atomic mass is 19.2. The molecule has 1 N–H and O–H groups in total. The van der Waals surface area contributed by atoms with E-state index in [9.17, 15) is 8.78 Å². The molecular weight excluding hydrogens is 232 g/mol. The topological polar surface area (TPSA) is 12.0 Å². The molecule has 0 radical (unpaired) electrons. The molecular formula is C15H21F2N. The van der Waals surface area contributed by atoms with Crippen LogP contribution in [-0.2, 0) is 5.54 Å². The largest absolute Gasteiger partial charge is 0.307 e. The molecule has 18 heavy (non-hydrogen) atoms. The van der Waals surface area contributed by atoms with Crippen LogP contribution in [0.1, 0.15) is 45.1 Å². The van der Waals surface area contributed by atoms with E-state index in [4.69, 9.17) is 0 Å².